The number of ether oxygens (including phenoxy) is 1. The van der Waals surface area contributed by atoms with Gasteiger partial charge < -0.3 is 19.4 Å². The fourth-order valence-corrected chi connectivity index (χ4v) is 4.85. The minimum absolute atomic E-state index is 0.0671. The molecule has 0 aliphatic carbocycles. The van der Waals surface area contributed by atoms with E-state index in [-0.39, 0.29) is 24.3 Å². The lowest BCUT2D eigenvalue weighted by atomic mass is 10.0. The molecule has 0 saturated carbocycles. The predicted molar refractivity (Wildman–Crippen MR) is 104 cm³/mol. The van der Waals surface area contributed by atoms with Crippen LogP contribution in [0.2, 0.25) is 0 Å². The van der Waals surface area contributed by atoms with Crippen molar-refractivity contribution in [1.82, 2.24) is 14.8 Å². The number of likely N-dealkylation sites (N-methyl/N-ethyl adjacent to an activating group) is 2. The molecule has 3 amide bonds. The third kappa shape index (κ3) is 2.91. The largest absolute Gasteiger partial charge is 0.481 e. The van der Waals surface area contributed by atoms with Crippen LogP contribution in [0.3, 0.4) is 0 Å². The van der Waals surface area contributed by atoms with Gasteiger partial charge in [0.05, 0.1) is 19.2 Å². The molecule has 28 heavy (non-hydrogen) atoms. The van der Waals surface area contributed by atoms with Gasteiger partial charge in [0, 0.05) is 31.6 Å². The van der Waals surface area contributed by atoms with Crippen molar-refractivity contribution in [2.45, 2.75) is 13.0 Å². The van der Waals surface area contributed by atoms with Crippen LogP contribution in [0.5, 0.6) is 5.88 Å². The quantitative estimate of drug-likeness (QED) is 0.761. The van der Waals surface area contributed by atoms with E-state index in [0.717, 1.165) is 10.4 Å². The molecule has 9 heteroatoms. The summed E-state index contributed by atoms with van der Waals surface area (Å²) in [6, 6.07) is 5.09. The zero-order valence-electron chi connectivity index (χ0n) is 15.9. The number of amides is 3. The molecule has 2 aromatic heterocycles. The first kappa shape index (κ1) is 18.4. The second-order valence-electron chi connectivity index (χ2n) is 6.84. The second kappa shape index (κ2) is 6.90. The summed E-state index contributed by atoms with van der Waals surface area (Å²) in [6.07, 6.45) is 0.568. The molecule has 4 rings (SSSR count). The van der Waals surface area contributed by atoms with Crippen molar-refractivity contribution in [3.63, 3.8) is 0 Å². The summed E-state index contributed by atoms with van der Waals surface area (Å²) in [4.78, 5) is 47.9. The number of methoxy groups -OCH3 is 1. The van der Waals surface area contributed by atoms with Crippen molar-refractivity contribution in [2.75, 3.05) is 39.2 Å². The molecule has 0 fully saturated rings. The number of aromatic nitrogens is 1. The first-order valence-electron chi connectivity index (χ1n) is 8.87. The Labute approximate surface area is 166 Å². The average molecular weight is 400 g/mol. The lowest BCUT2D eigenvalue weighted by Crippen LogP contribution is -2.37. The third-order valence-corrected chi connectivity index (χ3v) is 6.38. The van der Waals surface area contributed by atoms with Gasteiger partial charge in [0.15, 0.2) is 0 Å². The van der Waals surface area contributed by atoms with Crippen LogP contribution in [-0.4, -0.2) is 66.8 Å². The molecule has 8 nitrogen and oxygen atoms in total. The summed E-state index contributed by atoms with van der Waals surface area (Å²) >= 11 is 1.41. The topological polar surface area (TPSA) is 83.0 Å². The summed E-state index contributed by atoms with van der Waals surface area (Å²) in [5.74, 6) is -0.0534. The Hall–Kier alpha value is -2.94. The molecule has 0 radical (unpaired) electrons. The van der Waals surface area contributed by atoms with E-state index in [1.807, 2.05) is 0 Å². The molecule has 2 aliphatic heterocycles. The van der Waals surface area contributed by atoms with Crippen LogP contribution in [0.25, 0.3) is 0 Å². The first-order valence-corrected chi connectivity index (χ1v) is 9.69. The van der Waals surface area contributed by atoms with Crippen molar-refractivity contribution in [3.05, 3.63) is 39.9 Å². The highest BCUT2D eigenvalue weighted by atomic mass is 32.1. The molecule has 0 bridgehead atoms. The van der Waals surface area contributed by atoms with E-state index in [1.54, 1.807) is 42.1 Å². The molecule has 2 aromatic rings. The van der Waals surface area contributed by atoms with Crippen LogP contribution in [0.4, 0.5) is 5.00 Å². The Balaban J connectivity index is 1.66. The highest BCUT2D eigenvalue weighted by molar-refractivity contribution is 7.17. The van der Waals surface area contributed by atoms with Gasteiger partial charge >= 0.3 is 0 Å². The fourth-order valence-electron chi connectivity index (χ4n) is 3.51. The van der Waals surface area contributed by atoms with Gasteiger partial charge in [-0.3, -0.25) is 14.4 Å². The maximum Gasteiger partial charge on any atom is 0.272 e. The summed E-state index contributed by atoms with van der Waals surface area (Å²) in [6.45, 7) is 0.948. The zero-order valence-corrected chi connectivity index (χ0v) is 16.7. The van der Waals surface area contributed by atoms with Crippen molar-refractivity contribution < 1.29 is 19.1 Å². The van der Waals surface area contributed by atoms with Crippen LogP contribution in [0.1, 0.15) is 31.3 Å². The SMILES string of the molecule is COc1cccc(C(=O)N2CCc3c(sc4c3C(=O)N(C)CC(=O)N4C)C2)n1. The van der Waals surface area contributed by atoms with E-state index in [1.165, 1.54) is 23.3 Å². The molecule has 0 N–H and O–H groups in total. The number of hydrogen-bond acceptors (Lipinski definition) is 6. The Kier molecular flexibility index (Phi) is 4.54. The maximum atomic E-state index is 12.9. The van der Waals surface area contributed by atoms with Gasteiger partial charge in [-0.15, -0.1) is 11.3 Å². The standard InChI is InChI=1S/C19H20N4O4S/c1-21-10-15(24)22(2)19-16(18(21)26)11-7-8-23(9-13(11)28-19)17(25)12-5-4-6-14(20-12)27-3/h4-6H,7-10H2,1-3H3. The Morgan fingerprint density at radius 3 is 2.75 bits per heavy atom. The van der Waals surface area contributed by atoms with E-state index in [4.69, 9.17) is 4.74 Å². The third-order valence-electron chi connectivity index (χ3n) is 5.09. The van der Waals surface area contributed by atoms with Crippen LogP contribution in [0, 0.1) is 0 Å². The van der Waals surface area contributed by atoms with Gasteiger partial charge in [-0.1, -0.05) is 6.07 Å². The van der Waals surface area contributed by atoms with E-state index >= 15 is 0 Å². The molecule has 0 atom stereocenters. The van der Waals surface area contributed by atoms with E-state index in [0.29, 0.717) is 41.6 Å². The number of fused-ring (bicyclic) bond motifs is 3. The monoisotopic (exact) mass is 400 g/mol. The number of carbonyl (C=O) groups is 3. The summed E-state index contributed by atoms with van der Waals surface area (Å²) in [5.41, 5.74) is 1.87. The van der Waals surface area contributed by atoms with Crippen LogP contribution in [0.15, 0.2) is 18.2 Å². The smallest absolute Gasteiger partial charge is 0.272 e. The van der Waals surface area contributed by atoms with Crippen molar-refractivity contribution in [3.8, 4) is 5.88 Å². The minimum Gasteiger partial charge on any atom is -0.481 e. The lowest BCUT2D eigenvalue weighted by molar-refractivity contribution is -0.118. The van der Waals surface area contributed by atoms with Crippen molar-refractivity contribution in [1.29, 1.82) is 0 Å². The maximum absolute atomic E-state index is 12.9. The molecule has 0 aromatic carbocycles. The van der Waals surface area contributed by atoms with Crippen LogP contribution in [-0.2, 0) is 17.8 Å². The molecule has 0 saturated heterocycles. The second-order valence-corrected chi connectivity index (χ2v) is 7.92. The molecule has 0 unspecified atom stereocenters. The summed E-state index contributed by atoms with van der Waals surface area (Å²) < 4.78 is 5.10. The van der Waals surface area contributed by atoms with Crippen LogP contribution < -0.4 is 9.64 Å². The molecular formula is C19H20N4O4S. The minimum atomic E-state index is -0.180. The Morgan fingerprint density at radius 2 is 2.00 bits per heavy atom. The molecule has 0 spiro atoms. The first-order chi connectivity index (χ1) is 13.4. The van der Waals surface area contributed by atoms with Gasteiger partial charge in [-0.05, 0) is 18.1 Å². The van der Waals surface area contributed by atoms with Gasteiger partial charge in [-0.2, -0.15) is 0 Å². The molecule has 2 aliphatic rings. The highest BCUT2D eigenvalue weighted by Crippen LogP contribution is 2.40. The normalized spacial score (nSPS) is 16.6. The average Bonchev–Trinajstić information content (AvgIpc) is 3.07. The fraction of sp³-hybridized carbons (Fsp3) is 0.368. The number of hydrogen-bond donors (Lipinski definition) is 0. The van der Waals surface area contributed by atoms with Crippen LogP contribution >= 0.6 is 11.3 Å². The number of carbonyl (C=O) groups excluding carboxylic acids is 3. The van der Waals surface area contributed by atoms with Gasteiger partial charge in [0.1, 0.15) is 17.2 Å². The number of nitrogens with zero attached hydrogens (tertiary/aromatic N) is 4. The number of anilines is 1. The number of thiophene rings is 1. The van der Waals surface area contributed by atoms with Gasteiger partial charge in [0.25, 0.3) is 11.8 Å². The van der Waals surface area contributed by atoms with E-state index < -0.39 is 0 Å². The predicted octanol–water partition coefficient (Wildman–Crippen LogP) is 1.40. The lowest BCUT2D eigenvalue weighted by Gasteiger charge is -2.27. The van der Waals surface area contributed by atoms with Crippen molar-refractivity contribution in [2.24, 2.45) is 0 Å². The number of rotatable bonds is 2. The molecule has 146 valence electrons. The Morgan fingerprint density at radius 1 is 1.21 bits per heavy atom. The van der Waals surface area contributed by atoms with Gasteiger partial charge in [-0.25, -0.2) is 4.98 Å². The molecular weight excluding hydrogens is 380 g/mol. The van der Waals surface area contributed by atoms with Crippen molar-refractivity contribution >= 4 is 34.1 Å². The number of pyridine rings is 1. The zero-order chi connectivity index (χ0) is 20.0. The highest BCUT2D eigenvalue weighted by Gasteiger charge is 2.36. The van der Waals surface area contributed by atoms with E-state index in [9.17, 15) is 14.4 Å². The Bertz CT molecular complexity index is 986. The summed E-state index contributed by atoms with van der Waals surface area (Å²) in [5, 5.41) is 0.665. The van der Waals surface area contributed by atoms with Gasteiger partial charge in [0.2, 0.25) is 11.8 Å². The summed E-state index contributed by atoms with van der Waals surface area (Å²) in [7, 11) is 4.84. The van der Waals surface area contributed by atoms with E-state index in [2.05, 4.69) is 4.98 Å². The molecule has 4 heterocycles.